The molecule has 1 aliphatic rings. The molecule has 2 aromatic rings. The highest BCUT2D eigenvalue weighted by atomic mass is 35.5. The van der Waals surface area contributed by atoms with Crippen molar-refractivity contribution >= 4 is 29.1 Å². The van der Waals surface area contributed by atoms with Crippen molar-refractivity contribution in [3.63, 3.8) is 0 Å². The summed E-state index contributed by atoms with van der Waals surface area (Å²) < 4.78 is 0. The van der Waals surface area contributed by atoms with Crippen LogP contribution in [0.15, 0.2) is 48.5 Å². The van der Waals surface area contributed by atoms with Crippen LogP contribution in [0.2, 0.25) is 10.0 Å². The summed E-state index contributed by atoms with van der Waals surface area (Å²) in [7, 11) is 0. The molecule has 1 atom stereocenters. The van der Waals surface area contributed by atoms with E-state index in [1.54, 1.807) is 23.1 Å². The van der Waals surface area contributed by atoms with Gasteiger partial charge in [-0.2, -0.15) is 5.26 Å². The summed E-state index contributed by atoms with van der Waals surface area (Å²) in [6, 6.07) is 16.8. The summed E-state index contributed by atoms with van der Waals surface area (Å²) in [6.07, 6.45) is 0. The molecular weight excluding hydrogens is 357 g/mol. The third kappa shape index (κ3) is 3.80. The van der Waals surface area contributed by atoms with E-state index in [-0.39, 0.29) is 17.0 Å². The van der Waals surface area contributed by atoms with E-state index in [4.69, 9.17) is 23.2 Å². The van der Waals surface area contributed by atoms with E-state index in [2.05, 4.69) is 11.0 Å². The molecule has 1 fully saturated rings. The third-order valence-corrected chi connectivity index (χ3v) is 5.21. The molecule has 0 bridgehead atoms. The average Bonchev–Trinajstić information content (AvgIpc) is 2.65. The lowest BCUT2D eigenvalue weighted by molar-refractivity contribution is 0.0606. The topological polar surface area (TPSA) is 47.3 Å². The summed E-state index contributed by atoms with van der Waals surface area (Å²) in [5.41, 5.74) is 1.39. The summed E-state index contributed by atoms with van der Waals surface area (Å²) in [4.78, 5) is 16.5. The van der Waals surface area contributed by atoms with Gasteiger partial charge >= 0.3 is 0 Å². The first-order chi connectivity index (χ1) is 12.1. The second-order valence-corrected chi connectivity index (χ2v) is 6.66. The van der Waals surface area contributed by atoms with Crippen LogP contribution in [0.1, 0.15) is 22.0 Å². The van der Waals surface area contributed by atoms with E-state index in [0.717, 1.165) is 5.56 Å². The second kappa shape index (κ2) is 7.88. The fourth-order valence-corrected chi connectivity index (χ4v) is 3.41. The first-order valence-corrected chi connectivity index (χ1v) is 8.79. The van der Waals surface area contributed by atoms with Gasteiger partial charge in [0.15, 0.2) is 0 Å². The predicted octanol–water partition coefficient (Wildman–Crippen LogP) is 4.02. The Morgan fingerprint density at radius 3 is 2.32 bits per heavy atom. The summed E-state index contributed by atoms with van der Waals surface area (Å²) in [5, 5.41) is 10.2. The van der Waals surface area contributed by atoms with Crippen LogP contribution in [0.5, 0.6) is 0 Å². The summed E-state index contributed by atoms with van der Waals surface area (Å²) in [5.74, 6) is -0.125. The van der Waals surface area contributed by atoms with Gasteiger partial charge in [-0.25, -0.2) is 0 Å². The molecule has 0 saturated carbocycles. The first-order valence-electron chi connectivity index (χ1n) is 8.03. The molecule has 1 aliphatic heterocycles. The summed E-state index contributed by atoms with van der Waals surface area (Å²) in [6.45, 7) is 2.37. The van der Waals surface area contributed by atoms with Crippen LogP contribution in [0, 0.1) is 11.3 Å². The Morgan fingerprint density at radius 2 is 1.68 bits per heavy atom. The van der Waals surface area contributed by atoms with Gasteiger partial charge in [0, 0.05) is 26.2 Å². The van der Waals surface area contributed by atoms with Crippen molar-refractivity contribution in [1.29, 1.82) is 5.26 Å². The minimum absolute atomic E-state index is 0.125. The second-order valence-electron chi connectivity index (χ2n) is 5.87. The van der Waals surface area contributed by atoms with Crippen LogP contribution < -0.4 is 0 Å². The Kier molecular flexibility index (Phi) is 5.60. The van der Waals surface area contributed by atoms with E-state index in [0.29, 0.717) is 36.8 Å². The Labute approximate surface area is 157 Å². The highest BCUT2D eigenvalue weighted by Crippen LogP contribution is 2.27. The Balaban J connectivity index is 1.68. The number of benzene rings is 2. The molecule has 4 nitrogen and oxygen atoms in total. The molecule has 0 N–H and O–H groups in total. The molecule has 1 amide bonds. The van der Waals surface area contributed by atoms with Crippen molar-refractivity contribution in [2.75, 3.05) is 26.2 Å². The van der Waals surface area contributed by atoms with Crippen LogP contribution in [0.25, 0.3) is 0 Å². The Bertz CT molecular complexity index is 796. The molecule has 1 heterocycles. The molecular formula is C19H17Cl2N3O. The molecule has 0 spiro atoms. The minimum atomic E-state index is -0.298. The standard InChI is InChI=1S/C19H17Cl2N3O/c20-16-8-4-7-15(18(16)21)19(25)24-11-9-23(10-12-24)17(13-22)14-5-2-1-3-6-14/h1-8,17H,9-12H2/t17-/m0/s1. The van der Waals surface area contributed by atoms with Crippen LogP contribution >= 0.6 is 23.2 Å². The zero-order valence-corrected chi connectivity index (χ0v) is 15.0. The van der Waals surface area contributed by atoms with E-state index < -0.39 is 0 Å². The molecule has 6 heteroatoms. The smallest absolute Gasteiger partial charge is 0.255 e. The van der Waals surface area contributed by atoms with Gasteiger partial charge in [-0.3, -0.25) is 9.69 Å². The van der Waals surface area contributed by atoms with Crippen molar-refractivity contribution < 1.29 is 4.79 Å². The van der Waals surface area contributed by atoms with Gasteiger partial charge < -0.3 is 4.90 Å². The van der Waals surface area contributed by atoms with E-state index in [1.807, 2.05) is 30.3 Å². The third-order valence-electron chi connectivity index (χ3n) is 4.39. The number of nitrogens with zero attached hydrogens (tertiary/aromatic N) is 3. The average molecular weight is 374 g/mol. The van der Waals surface area contributed by atoms with Crippen molar-refractivity contribution in [2.24, 2.45) is 0 Å². The first kappa shape index (κ1) is 17.8. The number of piperazine rings is 1. The molecule has 25 heavy (non-hydrogen) atoms. The zero-order chi connectivity index (χ0) is 17.8. The fourth-order valence-electron chi connectivity index (χ4n) is 3.02. The van der Waals surface area contributed by atoms with Crippen LogP contribution in [0.3, 0.4) is 0 Å². The fraction of sp³-hybridized carbons (Fsp3) is 0.263. The Hall–Kier alpha value is -2.06. The van der Waals surface area contributed by atoms with Gasteiger partial charge in [-0.15, -0.1) is 0 Å². The maximum Gasteiger partial charge on any atom is 0.255 e. The van der Waals surface area contributed by atoms with Gasteiger partial charge in [0.25, 0.3) is 5.91 Å². The van der Waals surface area contributed by atoms with Crippen LogP contribution in [-0.2, 0) is 0 Å². The van der Waals surface area contributed by atoms with Gasteiger partial charge in [0.05, 0.1) is 21.7 Å². The van der Waals surface area contributed by atoms with Crippen molar-refractivity contribution in [3.8, 4) is 6.07 Å². The van der Waals surface area contributed by atoms with Gasteiger partial charge in [0.2, 0.25) is 0 Å². The van der Waals surface area contributed by atoms with E-state index in [1.165, 1.54) is 0 Å². The number of rotatable bonds is 3. The molecule has 1 saturated heterocycles. The van der Waals surface area contributed by atoms with Crippen molar-refractivity contribution in [2.45, 2.75) is 6.04 Å². The molecule has 0 aliphatic carbocycles. The molecule has 0 radical (unpaired) electrons. The molecule has 0 aromatic heterocycles. The summed E-state index contributed by atoms with van der Waals surface area (Å²) >= 11 is 12.2. The number of amides is 1. The largest absolute Gasteiger partial charge is 0.336 e. The molecule has 3 rings (SSSR count). The minimum Gasteiger partial charge on any atom is -0.336 e. The number of hydrogen-bond acceptors (Lipinski definition) is 3. The number of halogens is 2. The van der Waals surface area contributed by atoms with Gasteiger partial charge in [0.1, 0.15) is 6.04 Å². The SMILES string of the molecule is N#C[C@@H](c1ccccc1)N1CCN(C(=O)c2cccc(Cl)c2Cl)CC1. The Morgan fingerprint density at radius 1 is 1.00 bits per heavy atom. The zero-order valence-electron chi connectivity index (χ0n) is 13.5. The predicted molar refractivity (Wildman–Crippen MR) is 98.7 cm³/mol. The van der Waals surface area contributed by atoms with Crippen molar-refractivity contribution in [3.05, 3.63) is 69.7 Å². The number of nitriles is 1. The monoisotopic (exact) mass is 373 g/mol. The number of carbonyl (C=O) groups is 1. The van der Waals surface area contributed by atoms with Crippen LogP contribution in [0.4, 0.5) is 0 Å². The van der Waals surface area contributed by atoms with E-state index >= 15 is 0 Å². The maximum absolute atomic E-state index is 12.7. The lowest BCUT2D eigenvalue weighted by Crippen LogP contribution is -2.49. The molecule has 128 valence electrons. The number of hydrogen-bond donors (Lipinski definition) is 0. The highest BCUT2D eigenvalue weighted by Gasteiger charge is 2.28. The van der Waals surface area contributed by atoms with Gasteiger partial charge in [-0.1, -0.05) is 59.6 Å². The lowest BCUT2D eigenvalue weighted by atomic mass is 10.1. The quantitative estimate of drug-likeness (QED) is 0.816. The van der Waals surface area contributed by atoms with Crippen molar-refractivity contribution in [1.82, 2.24) is 9.80 Å². The lowest BCUT2D eigenvalue weighted by Gasteiger charge is -2.37. The maximum atomic E-state index is 12.7. The molecule has 2 aromatic carbocycles. The van der Waals surface area contributed by atoms with Crippen LogP contribution in [-0.4, -0.2) is 41.9 Å². The van der Waals surface area contributed by atoms with Gasteiger partial charge in [-0.05, 0) is 17.7 Å². The highest BCUT2D eigenvalue weighted by molar-refractivity contribution is 6.43. The number of carbonyl (C=O) groups excluding carboxylic acids is 1. The molecule has 0 unspecified atom stereocenters. The van der Waals surface area contributed by atoms with E-state index in [9.17, 15) is 10.1 Å². The normalized spacial score (nSPS) is 16.3.